The molecule has 1 aromatic rings. The lowest BCUT2D eigenvalue weighted by molar-refractivity contribution is 0.270. The van der Waals surface area contributed by atoms with Gasteiger partial charge in [-0.2, -0.15) is 0 Å². The fraction of sp³-hybridized carbons (Fsp3) is 0.583. The molecule has 0 amide bonds. The Balaban J connectivity index is 1.90. The fourth-order valence-corrected chi connectivity index (χ4v) is 2.14. The molecule has 1 aliphatic rings. The van der Waals surface area contributed by atoms with Crippen LogP contribution in [-0.4, -0.2) is 31.7 Å². The average Bonchev–Trinajstić information content (AvgIpc) is 2.27. The molecule has 2 rings (SSSR count). The van der Waals surface area contributed by atoms with Crippen LogP contribution in [0.2, 0.25) is 0 Å². The number of hydrogen-bond acceptors (Lipinski definition) is 4. The molecule has 1 fully saturated rings. The number of aromatic nitrogens is 1. The molecule has 16 heavy (non-hydrogen) atoms. The van der Waals surface area contributed by atoms with Gasteiger partial charge in [-0.05, 0) is 30.9 Å². The molecule has 88 valence electrons. The number of rotatable bonds is 4. The highest BCUT2D eigenvalue weighted by Gasteiger charge is 2.26. The molecular formula is C12H19N3O. The number of nitrogens with two attached hydrogens (primary N) is 1. The minimum atomic E-state index is 0.419. The van der Waals surface area contributed by atoms with Crippen LogP contribution >= 0.6 is 0 Å². The van der Waals surface area contributed by atoms with Crippen molar-refractivity contribution in [1.29, 1.82) is 0 Å². The first-order valence-electron chi connectivity index (χ1n) is 5.66. The predicted octanol–water partition coefficient (Wildman–Crippen LogP) is 1.26. The second-order valence-corrected chi connectivity index (χ2v) is 4.53. The van der Waals surface area contributed by atoms with Gasteiger partial charge < -0.3 is 15.4 Å². The topological polar surface area (TPSA) is 51.4 Å². The lowest BCUT2D eigenvalue weighted by atomic mass is 9.80. The van der Waals surface area contributed by atoms with E-state index in [0.29, 0.717) is 6.04 Å². The van der Waals surface area contributed by atoms with Gasteiger partial charge in [0.05, 0.1) is 13.3 Å². The summed E-state index contributed by atoms with van der Waals surface area (Å²) in [6.45, 7) is 1.03. The Labute approximate surface area is 96.4 Å². The first-order valence-corrected chi connectivity index (χ1v) is 5.66. The summed E-state index contributed by atoms with van der Waals surface area (Å²) in [6, 6.07) is 4.34. The SMILES string of the molecule is COc1ccc(N(C)CC2CC(N)C2)nc1. The minimum Gasteiger partial charge on any atom is -0.495 e. The molecule has 0 spiro atoms. The lowest BCUT2D eigenvalue weighted by Gasteiger charge is -2.35. The van der Waals surface area contributed by atoms with Gasteiger partial charge in [0, 0.05) is 19.6 Å². The van der Waals surface area contributed by atoms with Crippen LogP contribution in [-0.2, 0) is 0 Å². The predicted molar refractivity (Wildman–Crippen MR) is 64.8 cm³/mol. The van der Waals surface area contributed by atoms with E-state index in [1.807, 2.05) is 12.1 Å². The Bertz CT molecular complexity index is 333. The monoisotopic (exact) mass is 221 g/mol. The van der Waals surface area contributed by atoms with Gasteiger partial charge in [-0.25, -0.2) is 4.98 Å². The maximum Gasteiger partial charge on any atom is 0.137 e. The van der Waals surface area contributed by atoms with Crippen molar-refractivity contribution in [2.24, 2.45) is 11.7 Å². The summed E-state index contributed by atoms with van der Waals surface area (Å²) in [6.07, 6.45) is 4.03. The quantitative estimate of drug-likeness (QED) is 0.831. The summed E-state index contributed by atoms with van der Waals surface area (Å²) in [5.41, 5.74) is 5.77. The van der Waals surface area contributed by atoms with Crippen molar-refractivity contribution in [2.75, 3.05) is 25.6 Å². The van der Waals surface area contributed by atoms with Gasteiger partial charge in [0.25, 0.3) is 0 Å². The van der Waals surface area contributed by atoms with Gasteiger partial charge in [0.2, 0.25) is 0 Å². The number of anilines is 1. The summed E-state index contributed by atoms with van der Waals surface area (Å²) >= 11 is 0. The molecule has 2 N–H and O–H groups in total. The maximum absolute atomic E-state index is 5.77. The van der Waals surface area contributed by atoms with E-state index in [9.17, 15) is 0 Å². The van der Waals surface area contributed by atoms with Crippen LogP contribution < -0.4 is 15.4 Å². The zero-order valence-corrected chi connectivity index (χ0v) is 9.89. The van der Waals surface area contributed by atoms with Gasteiger partial charge >= 0.3 is 0 Å². The van der Waals surface area contributed by atoms with Crippen molar-refractivity contribution < 1.29 is 4.74 Å². The molecule has 0 unspecified atom stereocenters. The van der Waals surface area contributed by atoms with E-state index in [-0.39, 0.29) is 0 Å². The van der Waals surface area contributed by atoms with Crippen LogP contribution in [0.5, 0.6) is 5.75 Å². The molecule has 0 saturated heterocycles. The average molecular weight is 221 g/mol. The number of hydrogen-bond donors (Lipinski definition) is 1. The van der Waals surface area contributed by atoms with Crippen LogP contribution in [0, 0.1) is 5.92 Å². The molecule has 0 bridgehead atoms. The summed E-state index contributed by atoms with van der Waals surface area (Å²) in [5, 5.41) is 0. The van der Waals surface area contributed by atoms with Crippen molar-refractivity contribution in [3.8, 4) is 5.75 Å². The van der Waals surface area contributed by atoms with Crippen molar-refractivity contribution >= 4 is 5.82 Å². The molecule has 1 heterocycles. The first kappa shape index (κ1) is 11.2. The normalized spacial score (nSPS) is 23.7. The third-order valence-electron chi connectivity index (χ3n) is 3.15. The van der Waals surface area contributed by atoms with Crippen LogP contribution in [0.3, 0.4) is 0 Å². The minimum absolute atomic E-state index is 0.419. The molecule has 4 heteroatoms. The second kappa shape index (κ2) is 4.70. The Morgan fingerprint density at radius 2 is 2.25 bits per heavy atom. The highest BCUT2D eigenvalue weighted by molar-refractivity contribution is 5.40. The summed E-state index contributed by atoms with van der Waals surface area (Å²) in [4.78, 5) is 6.53. The molecule has 4 nitrogen and oxygen atoms in total. The Kier molecular flexibility index (Phi) is 3.29. The molecule has 0 atom stereocenters. The largest absolute Gasteiger partial charge is 0.495 e. The van der Waals surface area contributed by atoms with Crippen molar-refractivity contribution in [2.45, 2.75) is 18.9 Å². The number of nitrogens with zero attached hydrogens (tertiary/aromatic N) is 2. The zero-order chi connectivity index (χ0) is 11.5. The Hall–Kier alpha value is -1.29. The van der Waals surface area contributed by atoms with Crippen molar-refractivity contribution in [3.05, 3.63) is 18.3 Å². The van der Waals surface area contributed by atoms with Gasteiger partial charge in [0.1, 0.15) is 11.6 Å². The standard InChI is InChI=1S/C12H19N3O/c1-15(8-9-5-10(13)6-9)12-4-3-11(16-2)7-14-12/h3-4,7,9-10H,5-6,8,13H2,1-2H3. The summed E-state index contributed by atoms with van der Waals surface area (Å²) in [7, 11) is 3.72. The number of ether oxygens (including phenoxy) is 1. The Morgan fingerprint density at radius 3 is 2.75 bits per heavy atom. The van der Waals surface area contributed by atoms with Gasteiger partial charge in [-0.3, -0.25) is 0 Å². The van der Waals surface area contributed by atoms with E-state index in [2.05, 4.69) is 16.9 Å². The van der Waals surface area contributed by atoms with E-state index in [1.54, 1.807) is 13.3 Å². The van der Waals surface area contributed by atoms with Gasteiger partial charge in [-0.15, -0.1) is 0 Å². The van der Waals surface area contributed by atoms with E-state index in [4.69, 9.17) is 10.5 Å². The fourth-order valence-electron chi connectivity index (χ4n) is 2.14. The number of pyridine rings is 1. The molecule has 1 saturated carbocycles. The smallest absolute Gasteiger partial charge is 0.137 e. The lowest BCUT2D eigenvalue weighted by Crippen LogP contribution is -2.42. The van der Waals surface area contributed by atoms with Crippen LogP contribution in [0.4, 0.5) is 5.82 Å². The van der Waals surface area contributed by atoms with Crippen molar-refractivity contribution in [1.82, 2.24) is 4.98 Å². The van der Waals surface area contributed by atoms with Crippen LogP contribution in [0.15, 0.2) is 18.3 Å². The van der Waals surface area contributed by atoms with Gasteiger partial charge in [-0.1, -0.05) is 0 Å². The highest BCUT2D eigenvalue weighted by Crippen LogP contribution is 2.27. The molecular weight excluding hydrogens is 202 g/mol. The van der Waals surface area contributed by atoms with Crippen molar-refractivity contribution in [3.63, 3.8) is 0 Å². The van der Waals surface area contributed by atoms with E-state index >= 15 is 0 Å². The Morgan fingerprint density at radius 1 is 1.50 bits per heavy atom. The highest BCUT2D eigenvalue weighted by atomic mass is 16.5. The van der Waals surface area contributed by atoms with E-state index in [0.717, 1.165) is 36.9 Å². The molecule has 1 aliphatic carbocycles. The molecule has 0 radical (unpaired) electrons. The third-order valence-corrected chi connectivity index (χ3v) is 3.15. The van der Waals surface area contributed by atoms with E-state index in [1.165, 1.54) is 0 Å². The third kappa shape index (κ3) is 2.44. The van der Waals surface area contributed by atoms with Crippen LogP contribution in [0.1, 0.15) is 12.8 Å². The maximum atomic E-state index is 5.77. The molecule has 0 aliphatic heterocycles. The summed E-state index contributed by atoms with van der Waals surface area (Å²) < 4.78 is 5.08. The van der Waals surface area contributed by atoms with Crippen LogP contribution in [0.25, 0.3) is 0 Å². The van der Waals surface area contributed by atoms with E-state index < -0.39 is 0 Å². The van der Waals surface area contributed by atoms with Gasteiger partial charge in [0.15, 0.2) is 0 Å². The number of methoxy groups -OCH3 is 1. The summed E-state index contributed by atoms with van der Waals surface area (Å²) in [5.74, 6) is 2.51. The first-order chi connectivity index (χ1) is 7.69. The zero-order valence-electron chi connectivity index (χ0n) is 9.89. The molecule has 1 aromatic heterocycles. The second-order valence-electron chi connectivity index (χ2n) is 4.53. The molecule has 0 aromatic carbocycles.